The molecule has 0 radical (unpaired) electrons. The van der Waals surface area contributed by atoms with Crippen molar-refractivity contribution < 1.29 is 31.5 Å². The fourth-order valence-electron chi connectivity index (χ4n) is 6.46. The van der Waals surface area contributed by atoms with E-state index in [-0.39, 0.29) is 34.6 Å². The standard InChI is InChI=1S/C29H41F5N4O2S/c1-4-41(16-11-22-9-10-24(17-19(22)2)35-20(3)39)38-14-12-27(13-15-38)26(40)36-25(37-27)23-7-5-21(6-8-23)18-28(30,31)29(32,33)34/h4,9-10,17,21,23,25,37H,5-8,11-16,18H2,1-3H3,(H,35,39)(H,36,40). The van der Waals surface area contributed by atoms with Gasteiger partial charge in [-0.15, -0.1) is 10.7 Å². The van der Waals surface area contributed by atoms with Crippen LogP contribution in [0.5, 0.6) is 0 Å². The van der Waals surface area contributed by atoms with E-state index in [1.54, 1.807) is 0 Å². The molecule has 4 rings (SSSR count). The molecule has 1 aromatic rings. The van der Waals surface area contributed by atoms with Crippen LogP contribution in [0.4, 0.5) is 27.6 Å². The van der Waals surface area contributed by atoms with E-state index < -0.39 is 30.0 Å². The Hall–Kier alpha value is -2.05. The number of halogens is 5. The smallest absolute Gasteiger partial charge is 0.339 e. The van der Waals surface area contributed by atoms with Gasteiger partial charge in [0.2, 0.25) is 11.8 Å². The van der Waals surface area contributed by atoms with Gasteiger partial charge in [0.15, 0.2) is 0 Å². The maximum Gasteiger partial charge on any atom is 0.453 e. The summed E-state index contributed by atoms with van der Waals surface area (Å²) in [7, 11) is -0.0634. The van der Waals surface area contributed by atoms with Gasteiger partial charge < -0.3 is 10.6 Å². The van der Waals surface area contributed by atoms with Gasteiger partial charge in [-0.1, -0.05) is 11.4 Å². The number of hydrogen-bond donors (Lipinski definition) is 3. The Morgan fingerprint density at radius 3 is 2.37 bits per heavy atom. The van der Waals surface area contributed by atoms with Crippen LogP contribution < -0.4 is 16.0 Å². The van der Waals surface area contributed by atoms with Gasteiger partial charge in [-0.05, 0) is 93.9 Å². The summed E-state index contributed by atoms with van der Waals surface area (Å²) in [5, 5.41) is 11.6. The van der Waals surface area contributed by atoms with E-state index in [1.807, 2.05) is 19.1 Å². The molecule has 2 amide bonds. The van der Waals surface area contributed by atoms with E-state index in [0.717, 1.165) is 36.5 Å². The highest BCUT2D eigenvalue weighted by molar-refractivity contribution is 8.12. The molecule has 3 fully saturated rings. The Morgan fingerprint density at radius 2 is 1.80 bits per heavy atom. The van der Waals surface area contributed by atoms with Gasteiger partial charge in [0.25, 0.3) is 0 Å². The first-order valence-electron chi connectivity index (χ1n) is 14.4. The minimum Gasteiger partial charge on any atom is -0.339 e. The first kappa shape index (κ1) is 31.9. The Balaban J connectivity index is 1.26. The topological polar surface area (TPSA) is 73.5 Å². The Bertz CT molecular complexity index is 1140. The second-order valence-corrected chi connectivity index (χ2v) is 13.9. The van der Waals surface area contributed by atoms with Crippen molar-refractivity contribution >= 4 is 33.5 Å². The van der Waals surface area contributed by atoms with Crippen LogP contribution in [-0.4, -0.2) is 64.1 Å². The summed E-state index contributed by atoms with van der Waals surface area (Å²) in [4.78, 5) is 24.4. The number of anilines is 1. The van der Waals surface area contributed by atoms with E-state index in [4.69, 9.17) is 0 Å². The summed E-state index contributed by atoms with van der Waals surface area (Å²) < 4.78 is 67.3. The lowest BCUT2D eigenvalue weighted by molar-refractivity contribution is -0.288. The SMILES string of the molecule is CC=S(CCc1ccc(NC(C)=O)cc1C)N1CCC2(CC1)NC(C1CCC(CC(F)(F)C(F)(F)F)CC1)NC2=O. The van der Waals surface area contributed by atoms with Gasteiger partial charge in [0.05, 0.1) is 6.17 Å². The normalized spacial score (nSPS) is 26.2. The van der Waals surface area contributed by atoms with E-state index >= 15 is 0 Å². The van der Waals surface area contributed by atoms with Crippen molar-refractivity contribution in [1.29, 1.82) is 0 Å². The van der Waals surface area contributed by atoms with Crippen molar-refractivity contribution in [3.8, 4) is 0 Å². The number of alkyl halides is 5. The Morgan fingerprint density at radius 1 is 1.15 bits per heavy atom. The number of hydrogen-bond acceptors (Lipinski definition) is 4. The molecule has 12 heteroatoms. The van der Waals surface area contributed by atoms with Crippen molar-refractivity contribution in [3.05, 3.63) is 29.3 Å². The van der Waals surface area contributed by atoms with Crippen molar-refractivity contribution in [2.24, 2.45) is 11.8 Å². The van der Waals surface area contributed by atoms with Crippen LogP contribution in [0.3, 0.4) is 0 Å². The maximum absolute atomic E-state index is 13.5. The number of aryl methyl sites for hydroxylation is 2. The predicted octanol–water partition coefficient (Wildman–Crippen LogP) is 5.78. The molecule has 1 saturated carbocycles. The number of nitrogens with zero attached hydrogens (tertiary/aromatic N) is 1. The molecule has 1 spiro atoms. The highest BCUT2D eigenvalue weighted by Crippen LogP contribution is 2.45. The zero-order valence-electron chi connectivity index (χ0n) is 23.9. The summed E-state index contributed by atoms with van der Waals surface area (Å²) in [5.41, 5.74) is 2.50. The van der Waals surface area contributed by atoms with Crippen LogP contribution in [-0.2, 0) is 16.0 Å². The third kappa shape index (κ3) is 7.48. The summed E-state index contributed by atoms with van der Waals surface area (Å²) in [5.74, 6) is -4.48. The number of carbonyl (C=O) groups is 2. The number of benzene rings is 1. The predicted molar refractivity (Wildman–Crippen MR) is 153 cm³/mol. The van der Waals surface area contributed by atoms with Gasteiger partial charge in [-0.3, -0.25) is 19.2 Å². The Kier molecular flexibility index (Phi) is 9.85. The van der Waals surface area contributed by atoms with Crippen molar-refractivity contribution in [2.45, 2.75) is 95.9 Å². The van der Waals surface area contributed by atoms with Crippen molar-refractivity contribution in [3.63, 3.8) is 0 Å². The quantitative estimate of drug-likeness (QED) is 0.260. The zero-order chi connectivity index (χ0) is 30.0. The van der Waals surface area contributed by atoms with Gasteiger partial charge in [-0.25, -0.2) is 0 Å². The number of piperidine rings is 1. The molecule has 2 atom stereocenters. The molecule has 6 nitrogen and oxygen atoms in total. The fourth-order valence-corrected chi connectivity index (χ4v) is 8.33. The van der Waals surface area contributed by atoms with Crippen LogP contribution >= 0.6 is 10.7 Å². The van der Waals surface area contributed by atoms with E-state index in [2.05, 4.69) is 38.6 Å². The van der Waals surface area contributed by atoms with Crippen molar-refractivity contribution in [2.75, 3.05) is 24.2 Å². The molecule has 0 aromatic heterocycles. The summed E-state index contributed by atoms with van der Waals surface area (Å²) >= 11 is 0. The molecule has 230 valence electrons. The number of amides is 2. The van der Waals surface area contributed by atoms with Crippen LogP contribution in [0, 0.1) is 18.8 Å². The third-order valence-electron chi connectivity index (χ3n) is 8.90. The van der Waals surface area contributed by atoms with Gasteiger partial charge in [0.1, 0.15) is 5.54 Å². The summed E-state index contributed by atoms with van der Waals surface area (Å²) in [6.45, 7) is 7.13. The molecule has 1 aromatic carbocycles. The third-order valence-corrected chi connectivity index (χ3v) is 11.1. The molecule has 2 heterocycles. The minimum atomic E-state index is -5.51. The Labute approximate surface area is 241 Å². The molecule has 2 aliphatic heterocycles. The summed E-state index contributed by atoms with van der Waals surface area (Å²) in [6, 6.07) is 5.97. The average molecular weight is 605 g/mol. The molecule has 3 aliphatic rings. The number of nitrogens with one attached hydrogen (secondary N) is 3. The molecule has 2 saturated heterocycles. The van der Waals surface area contributed by atoms with E-state index in [0.29, 0.717) is 38.5 Å². The molecule has 41 heavy (non-hydrogen) atoms. The highest BCUT2D eigenvalue weighted by Gasteiger charge is 2.58. The van der Waals surface area contributed by atoms with Crippen LogP contribution in [0.25, 0.3) is 0 Å². The molecule has 2 unspecified atom stereocenters. The lowest BCUT2D eigenvalue weighted by Gasteiger charge is -2.40. The van der Waals surface area contributed by atoms with Gasteiger partial charge >= 0.3 is 12.1 Å². The zero-order valence-corrected chi connectivity index (χ0v) is 24.7. The van der Waals surface area contributed by atoms with Crippen LogP contribution in [0.2, 0.25) is 0 Å². The minimum absolute atomic E-state index is 0.0194. The van der Waals surface area contributed by atoms with Crippen molar-refractivity contribution in [1.82, 2.24) is 14.9 Å². The lowest BCUT2D eigenvalue weighted by Crippen LogP contribution is -2.55. The fraction of sp³-hybridized carbons (Fsp3) is 0.690. The van der Waals surface area contributed by atoms with Gasteiger partial charge in [0, 0.05) is 37.9 Å². The lowest BCUT2D eigenvalue weighted by atomic mass is 9.78. The van der Waals surface area contributed by atoms with Gasteiger partial charge in [-0.2, -0.15) is 22.0 Å². The highest BCUT2D eigenvalue weighted by atomic mass is 32.2. The molecule has 0 bridgehead atoms. The monoisotopic (exact) mass is 604 g/mol. The number of rotatable bonds is 8. The molecule has 1 aliphatic carbocycles. The molecular weight excluding hydrogens is 563 g/mol. The van der Waals surface area contributed by atoms with Crippen LogP contribution in [0.15, 0.2) is 18.2 Å². The summed E-state index contributed by atoms with van der Waals surface area (Å²) in [6.07, 6.45) is -3.11. The second kappa shape index (κ2) is 12.7. The number of carbonyl (C=O) groups excluding carboxylic acids is 2. The first-order chi connectivity index (χ1) is 19.2. The molecular formula is C29H41F5N4O2S. The van der Waals surface area contributed by atoms with Crippen LogP contribution in [0.1, 0.15) is 69.9 Å². The first-order valence-corrected chi connectivity index (χ1v) is 15.8. The maximum atomic E-state index is 13.5. The second-order valence-electron chi connectivity index (χ2n) is 11.7. The largest absolute Gasteiger partial charge is 0.453 e. The van der Waals surface area contributed by atoms with E-state index in [9.17, 15) is 31.5 Å². The molecule has 3 N–H and O–H groups in total. The van der Waals surface area contributed by atoms with E-state index in [1.165, 1.54) is 12.5 Å². The average Bonchev–Trinajstić information content (AvgIpc) is 3.21.